The maximum Gasteiger partial charge on any atom is 0.302 e. The van der Waals surface area contributed by atoms with E-state index >= 15 is 0 Å². The van der Waals surface area contributed by atoms with Crippen molar-refractivity contribution in [3.63, 3.8) is 0 Å². The molecule has 5 saturated carbocycles. The number of aliphatic hydroxyl groups is 3. The third-order valence-corrected chi connectivity index (χ3v) is 15.0. The van der Waals surface area contributed by atoms with Crippen LogP contribution in [-0.4, -0.2) is 104 Å². The first-order valence-corrected chi connectivity index (χ1v) is 20.3. The van der Waals surface area contributed by atoms with Crippen LogP contribution in [0.25, 0.3) is 0 Å². The van der Waals surface area contributed by atoms with Crippen LogP contribution >= 0.6 is 0 Å². The Balaban J connectivity index is 1.18. The van der Waals surface area contributed by atoms with Crippen molar-refractivity contribution in [2.24, 2.45) is 64.4 Å². The standard InChI is InChI=1S/C39H67N3O8/c1-22(44)48-20-30-28-5-6-29-35-26(14-27(45)16-33(35)49-21-43)18-39(10-9-23(17-39)13-24-3-8-34(40)42-19-24)36(29)38(28)50-37(30)25-4-7-31(46)32(15-25)47-12-11-41-2/h23-38,41-43,45-46H,3-21,40H2,1-2H3. The molecule has 17 unspecified atom stereocenters. The minimum atomic E-state index is -0.475. The largest absolute Gasteiger partial charge is 0.465 e. The van der Waals surface area contributed by atoms with E-state index in [4.69, 9.17) is 24.7 Å². The number of fused-ring (bicyclic) bond motifs is 6. The molecular formula is C39H67N3O8. The molecule has 1 spiro atoms. The minimum Gasteiger partial charge on any atom is -0.465 e. The Bertz CT molecular complexity index is 1120. The fourth-order valence-electron chi connectivity index (χ4n) is 13.1. The molecule has 0 amide bonds. The molecular weight excluding hydrogens is 638 g/mol. The van der Waals surface area contributed by atoms with Crippen molar-refractivity contribution in [3.8, 4) is 0 Å². The van der Waals surface area contributed by atoms with Crippen LogP contribution in [-0.2, 0) is 23.7 Å². The van der Waals surface area contributed by atoms with Crippen LogP contribution < -0.4 is 16.4 Å². The summed E-state index contributed by atoms with van der Waals surface area (Å²) in [6, 6.07) is 0. The van der Waals surface area contributed by atoms with E-state index in [1.54, 1.807) is 0 Å². The molecule has 11 nitrogen and oxygen atoms in total. The van der Waals surface area contributed by atoms with Gasteiger partial charge in [0.25, 0.3) is 0 Å². The summed E-state index contributed by atoms with van der Waals surface area (Å²) in [6.07, 6.45) is 13.0. The maximum absolute atomic E-state index is 12.2. The van der Waals surface area contributed by atoms with Gasteiger partial charge in [-0.15, -0.1) is 0 Å². The van der Waals surface area contributed by atoms with Crippen LogP contribution in [0.4, 0.5) is 0 Å². The Morgan fingerprint density at radius 2 is 1.78 bits per heavy atom. The van der Waals surface area contributed by atoms with Crippen molar-refractivity contribution in [1.82, 2.24) is 10.6 Å². The zero-order valence-corrected chi connectivity index (χ0v) is 30.6. The highest BCUT2D eigenvalue weighted by atomic mass is 16.6. The predicted octanol–water partition coefficient (Wildman–Crippen LogP) is 2.93. The fourth-order valence-corrected chi connectivity index (χ4v) is 13.1. The summed E-state index contributed by atoms with van der Waals surface area (Å²) in [7, 11) is 1.91. The maximum atomic E-state index is 12.2. The van der Waals surface area contributed by atoms with Gasteiger partial charge in [-0.05, 0) is 156 Å². The molecule has 2 aliphatic heterocycles. The summed E-state index contributed by atoms with van der Waals surface area (Å²) in [5, 5.41) is 38.6. The van der Waals surface area contributed by atoms with Gasteiger partial charge >= 0.3 is 5.97 Å². The average Bonchev–Trinajstić information content (AvgIpc) is 3.66. The van der Waals surface area contributed by atoms with E-state index in [2.05, 4.69) is 10.6 Å². The van der Waals surface area contributed by atoms with Gasteiger partial charge < -0.3 is 50.6 Å². The van der Waals surface area contributed by atoms with Crippen molar-refractivity contribution in [1.29, 1.82) is 0 Å². The predicted molar refractivity (Wildman–Crippen MR) is 187 cm³/mol. The second-order valence-electron chi connectivity index (χ2n) is 17.8. The fraction of sp³-hybridized carbons (Fsp3) is 0.974. The number of likely N-dealkylation sites (N-methyl/N-ethyl adjacent to an activating group) is 1. The summed E-state index contributed by atoms with van der Waals surface area (Å²) >= 11 is 0. The van der Waals surface area contributed by atoms with Crippen LogP contribution in [0.15, 0.2) is 0 Å². The summed E-state index contributed by atoms with van der Waals surface area (Å²) in [5.41, 5.74) is 6.32. The number of ether oxygens (including phenoxy) is 4. The summed E-state index contributed by atoms with van der Waals surface area (Å²) in [6.45, 7) is 3.88. The van der Waals surface area contributed by atoms with Gasteiger partial charge in [0, 0.05) is 19.4 Å². The van der Waals surface area contributed by atoms with E-state index in [0.717, 1.165) is 58.0 Å². The van der Waals surface area contributed by atoms with Gasteiger partial charge in [-0.3, -0.25) is 4.79 Å². The van der Waals surface area contributed by atoms with Gasteiger partial charge in [0.1, 0.15) is 6.79 Å². The first-order valence-electron chi connectivity index (χ1n) is 20.3. The number of piperidine rings is 1. The molecule has 0 aromatic rings. The molecule has 5 aliphatic carbocycles. The monoisotopic (exact) mass is 705 g/mol. The van der Waals surface area contributed by atoms with Crippen molar-refractivity contribution in [2.45, 2.75) is 140 Å². The van der Waals surface area contributed by atoms with E-state index in [1.807, 2.05) is 7.05 Å². The molecule has 50 heavy (non-hydrogen) atoms. The Labute approximate surface area is 299 Å². The number of hydrogen-bond donors (Lipinski definition) is 6. The molecule has 11 heteroatoms. The zero-order chi connectivity index (χ0) is 35.0. The number of nitrogens with one attached hydrogen (secondary N) is 2. The van der Waals surface area contributed by atoms with Gasteiger partial charge in [-0.2, -0.15) is 0 Å². The molecule has 7 aliphatic rings. The number of nitrogens with two attached hydrogens (primary N) is 1. The van der Waals surface area contributed by atoms with Crippen molar-refractivity contribution in [3.05, 3.63) is 0 Å². The second-order valence-corrected chi connectivity index (χ2v) is 17.8. The SMILES string of the molecule is CNCCOC1CC(C2OC3C(CCC4C5C(CC(O)CC5OCO)CC5(CCC(CC6CCC(N)NC6)C5)C43)C2COC(C)=O)CCC1O. The minimum absolute atomic E-state index is 0.0480. The Morgan fingerprint density at radius 1 is 0.940 bits per heavy atom. The molecule has 0 bridgehead atoms. The van der Waals surface area contributed by atoms with Crippen LogP contribution in [0.2, 0.25) is 0 Å². The van der Waals surface area contributed by atoms with Gasteiger partial charge in [0.2, 0.25) is 0 Å². The molecule has 0 aromatic carbocycles. The van der Waals surface area contributed by atoms with Crippen LogP contribution in [0.1, 0.15) is 96.8 Å². The van der Waals surface area contributed by atoms with Crippen LogP contribution in [0.5, 0.6) is 0 Å². The Morgan fingerprint density at radius 3 is 2.54 bits per heavy atom. The van der Waals surface area contributed by atoms with E-state index < -0.39 is 12.2 Å². The number of carbonyl (C=O) groups excluding carboxylic acids is 1. The van der Waals surface area contributed by atoms with Crippen molar-refractivity contribution in [2.75, 3.05) is 40.1 Å². The first kappa shape index (κ1) is 37.4. The molecule has 0 aromatic heterocycles. The lowest BCUT2D eigenvalue weighted by Gasteiger charge is -2.61. The van der Waals surface area contributed by atoms with E-state index in [0.29, 0.717) is 67.5 Å². The Kier molecular flexibility index (Phi) is 12.1. The Hall–Kier alpha value is -0.890. The van der Waals surface area contributed by atoms with Crippen LogP contribution in [0, 0.1) is 58.7 Å². The number of hydrogen-bond acceptors (Lipinski definition) is 11. The topological polar surface area (TPSA) is 165 Å². The molecule has 286 valence electrons. The van der Waals surface area contributed by atoms with Crippen LogP contribution in [0.3, 0.4) is 0 Å². The third-order valence-electron chi connectivity index (χ3n) is 15.0. The first-order chi connectivity index (χ1) is 24.2. The van der Waals surface area contributed by atoms with E-state index in [1.165, 1.54) is 39.0 Å². The molecule has 7 rings (SSSR count). The third kappa shape index (κ3) is 7.69. The van der Waals surface area contributed by atoms with Gasteiger partial charge in [0.05, 0.1) is 56.0 Å². The molecule has 2 heterocycles. The van der Waals surface area contributed by atoms with Gasteiger partial charge in [-0.25, -0.2) is 0 Å². The zero-order valence-electron chi connectivity index (χ0n) is 30.6. The summed E-state index contributed by atoms with van der Waals surface area (Å²) in [4.78, 5) is 12.2. The quantitative estimate of drug-likeness (QED) is 0.106. The smallest absolute Gasteiger partial charge is 0.302 e. The van der Waals surface area contributed by atoms with Crippen molar-refractivity contribution < 1.29 is 39.1 Å². The highest BCUT2D eigenvalue weighted by Gasteiger charge is 2.65. The van der Waals surface area contributed by atoms with Crippen molar-refractivity contribution >= 4 is 5.97 Å². The summed E-state index contributed by atoms with van der Waals surface area (Å²) < 4.78 is 25.6. The highest BCUT2D eigenvalue weighted by molar-refractivity contribution is 5.65. The van der Waals surface area contributed by atoms with E-state index in [-0.39, 0.29) is 60.6 Å². The highest BCUT2D eigenvalue weighted by Crippen LogP contribution is 2.68. The molecule has 7 fully saturated rings. The second kappa shape index (κ2) is 16.2. The molecule has 0 radical (unpaired) electrons. The molecule has 2 saturated heterocycles. The normalized spacial score (nSPS) is 48.9. The number of aliphatic hydroxyl groups excluding tert-OH is 3. The van der Waals surface area contributed by atoms with E-state index in [9.17, 15) is 20.1 Å². The van der Waals surface area contributed by atoms with Gasteiger partial charge in [0.15, 0.2) is 0 Å². The summed E-state index contributed by atoms with van der Waals surface area (Å²) in [5.74, 6) is 3.21. The number of carbonyl (C=O) groups is 1. The number of rotatable bonds is 11. The average molecular weight is 706 g/mol. The lowest BCUT2D eigenvalue weighted by molar-refractivity contribution is -0.206. The molecule has 7 N–H and O–H groups in total. The molecule has 17 atom stereocenters. The lowest BCUT2D eigenvalue weighted by atomic mass is 9.45. The van der Waals surface area contributed by atoms with Gasteiger partial charge in [-0.1, -0.05) is 0 Å². The lowest BCUT2D eigenvalue weighted by Crippen LogP contribution is -2.59. The number of esters is 1.